The second kappa shape index (κ2) is 4.34. The minimum Gasteiger partial charge on any atom is -0.300 e. The number of amides is 1. The van der Waals surface area contributed by atoms with Gasteiger partial charge in [-0.2, -0.15) is 0 Å². The van der Waals surface area contributed by atoms with E-state index in [1.165, 1.54) is 10.4 Å². The Balaban J connectivity index is 2.50. The second-order valence-corrected chi connectivity index (χ2v) is 4.37. The third kappa shape index (κ3) is 1.87. The number of fused-ring (bicyclic) bond motifs is 1. The molecule has 1 aromatic rings. The highest BCUT2D eigenvalue weighted by Crippen LogP contribution is 2.32. The first kappa shape index (κ1) is 11.9. The maximum atomic E-state index is 11.9. The van der Waals surface area contributed by atoms with Crippen LogP contribution in [0.1, 0.15) is 22.8 Å². The van der Waals surface area contributed by atoms with Crippen molar-refractivity contribution in [1.29, 1.82) is 0 Å². The van der Waals surface area contributed by atoms with Crippen LogP contribution in [0.4, 0.5) is 5.69 Å². The second-order valence-electron chi connectivity index (χ2n) is 4.15. The molecule has 3 nitrogen and oxygen atoms in total. The highest BCUT2D eigenvalue weighted by Gasteiger charge is 2.36. The number of nitrogens with zero attached hydrogens (tertiary/aromatic N) is 1. The zero-order valence-electron chi connectivity index (χ0n) is 9.66. The Bertz CT molecular complexity index is 534. The molecule has 1 aliphatic heterocycles. The van der Waals surface area contributed by atoms with E-state index >= 15 is 0 Å². The Morgan fingerprint density at radius 1 is 1.41 bits per heavy atom. The zero-order valence-corrected chi connectivity index (χ0v) is 10.4. The summed E-state index contributed by atoms with van der Waals surface area (Å²) in [6.45, 7) is 4.06. The first-order valence-electron chi connectivity index (χ1n) is 5.28. The molecule has 2 rings (SSSR count). The monoisotopic (exact) mass is 249 g/mol. The van der Waals surface area contributed by atoms with E-state index in [4.69, 9.17) is 11.6 Å². The van der Waals surface area contributed by atoms with Crippen molar-refractivity contribution in [3.8, 4) is 0 Å². The minimum atomic E-state index is -0.479. The minimum absolute atomic E-state index is 0.353. The van der Waals surface area contributed by atoms with E-state index in [0.717, 1.165) is 11.1 Å². The van der Waals surface area contributed by atoms with Crippen molar-refractivity contribution in [2.75, 3.05) is 11.4 Å². The predicted molar refractivity (Wildman–Crippen MR) is 67.5 cm³/mol. The van der Waals surface area contributed by atoms with Crippen LogP contribution in [0.25, 0.3) is 0 Å². The number of carbonyl (C=O) groups excluding carboxylic acids is 2. The Hall–Kier alpha value is -1.61. The third-order valence-electron chi connectivity index (χ3n) is 2.79. The van der Waals surface area contributed by atoms with E-state index in [1.54, 1.807) is 12.1 Å². The number of halogens is 1. The summed E-state index contributed by atoms with van der Waals surface area (Å²) in [6.07, 6.45) is 0. The molecule has 0 saturated carbocycles. The zero-order chi connectivity index (χ0) is 12.6. The van der Waals surface area contributed by atoms with Gasteiger partial charge < -0.3 is 4.90 Å². The molecular formula is C13H12ClNO2. The highest BCUT2D eigenvalue weighted by molar-refractivity contribution is 6.52. The van der Waals surface area contributed by atoms with Crippen LogP contribution in [0.5, 0.6) is 0 Å². The predicted octanol–water partition coefficient (Wildman–Crippen LogP) is 2.67. The number of aryl methyl sites for hydroxylation is 1. The molecule has 1 amide bonds. The summed E-state index contributed by atoms with van der Waals surface area (Å²) < 4.78 is 0. The molecule has 17 heavy (non-hydrogen) atoms. The molecule has 1 heterocycles. The molecule has 0 N–H and O–H groups in total. The van der Waals surface area contributed by atoms with E-state index in [9.17, 15) is 9.59 Å². The number of rotatable bonds is 2. The van der Waals surface area contributed by atoms with E-state index in [1.807, 2.05) is 19.9 Å². The fraction of sp³-hybridized carbons (Fsp3) is 0.231. The molecule has 0 fully saturated rings. The lowest BCUT2D eigenvalue weighted by atomic mass is 10.1. The molecule has 88 valence electrons. The fourth-order valence-electron chi connectivity index (χ4n) is 1.97. The van der Waals surface area contributed by atoms with Gasteiger partial charge in [0.15, 0.2) is 0 Å². The number of para-hydroxylation sites is 1. The first-order chi connectivity index (χ1) is 8.06. The van der Waals surface area contributed by atoms with E-state index in [-0.39, 0.29) is 0 Å². The van der Waals surface area contributed by atoms with Crippen molar-refractivity contribution in [2.45, 2.75) is 13.8 Å². The van der Waals surface area contributed by atoms with Gasteiger partial charge in [0, 0.05) is 12.1 Å². The maximum absolute atomic E-state index is 11.9. The topological polar surface area (TPSA) is 37.4 Å². The summed E-state index contributed by atoms with van der Waals surface area (Å²) in [5.41, 5.74) is 4.37. The molecule has 4 heteroatoms. The van der Waals surface area contributed by atoms with Crippen LogP contribution in [0.15, 0.2) is 29.3 Å². The van der Waals surface area contributed by atoms with Gasteiger partial charge in [-0.3, -0.25) is 9.59 Å². The lowest BCUT2D eigenvalue weighted by Gasteiger charge is -2.18. The van der Waals surface area contributed by atoms with Crippen LogP contribution < -0.4 is 4.90 Å². The largest absolute Gasteiger partial charge is 0.300 e. The van der Waals surface area contributed by atoms with Crippen molar-refractivity contribution in [3.05, 3.63) is 40.4 Å². The molecule has 0 atom stereocenters. The van der Waals surface area contributed by atoms with Gasteiger partial charge in [-0.05, 0) is 31.1 Å². The van der Waals surface area contributed by atoms with Crippen molar-refractivity contribution < 1.29 is 9.59 Å². The fourth-order valence-corrected chi connectivity index (χ4v) is 2.04. The molecule has 0 spiro atoms. The standard InChI is InChI=1S/C13H12ClNO2/c1-8(6-14)7-15-11-9(2)4-3-5-10(11)12(16)13(15)17/h3-6H,7H2,1-2H3/b8-6-. The third-order valence-corrected chi connectivity index (χ3v) is 3.16. The van der Waals surface area contributed by atoms with Gasteiger partial charge >= 0.3 is 0 Å². The highest BCUT2D eigenvalue weighted by atomic mass is 35.5. The van der Waals surface area contributed by atoms with Crippen LogP contribution >= 0.6 is 11.6 Å². The van der Waals surface area contributed by atoms with Gasteiger partial charge in [0.1, 0.15) is 0 Å². The SMILES string of the molecule is C/C(=C/Cl)CN1C(=O)C(=O)c2cccc(C)c21. The summed E-state index contributed by atoms with van der Waals surface area (Å²) in [4.78, 5) is 25.1. The summed E-state index contributed by atoms with van der Waals surface area (Å²) in [7, 11) is 0. The van der Waals surface area contributed by atoms with Crippen molar-refractivity contribution in [2.24, 2.45) is 0 Å². The molecule has 1 aromatic carbocycles. The van der Waals surface area contributed by atoms with Gasteiger partial charge in [0.25, 0.3) is 11.7 Å². The average molecular weight is 250 g/mol. The molecular weight excluding hydrogens is 238 g/mol. The number of ketones is 1. The summed E-state index contributed by atoms with van der Waals surface area (Å²) in [5.74, 6) is -0.918. The van der Waals surface area contributed by atoms with Gasteiger partial charge in [0.2, 0.25) is 0 Å². The summed E-state index contributed by atoms with van der Waals surface area (Å²) in [6, 6.07) is 5.35. The smallest absolute Gasteiger partial charge is 0.299 e. The first-order valence-corrected chi connectivity index (χ1v) is 5.71. The molecule has 0 unspecified atom stereocenters. The van der Waals surface area contributed by atoms with Gasteiger partial charge in [-0.25, -0.2) is 0 Å². The van der Waals surface area contributed by atoms with E-state index in [0.29, 0.717) is 17.8 Å². The Labute approximate surface area is 105 Å². The Morgan fingerprint density at radius 2 is 2.12 bits per heavy atom. The summed E-state index contributed by atoms with van der Waals surface area (Å²) in [5, 5.41) is 0. The van der Waals surface area contributed by atoms with Crippen LogP contribution in [-0.4, -0.2) is 18.2 Å². The molecule has 0 aromatic heterocycles. The number of hydrogen-bond acceptors (Lipinski definition) is 2. The molecule has 0 bridgehead atoms. The van der Waals surface area contributed by atoms with E-state index < -0.39 is 11.7 Å². The summed E-state index contributed by atoms with van der Waals surface area (Å²) >= 11 is 5.60. The van der Waals surface area contributed by atoms with Crippen LogP contribution in [0.2, 0.25) is 0 Å². The quantitative estimate of drug-likeness (QED) is 0.756. The van der Waals surface area contributed by atoms with Crippen LogP contribution in [0, 0.1) is 6.92 Å². The lowest BCUT2D eigenvalue weighted by molar-refractivity contribution is -0.114. The van der Waals surface area contributed by atoms with Crippen molar-refractivity contribution in [1.82, 2.24) is 0 Å². The molecule has 0 aliphatic carbocycles. The van der Waals surface area contributed by atoms with Gasteiger partial charge in [-0.1, -0.05) is 23.7 Å². The Kier molecular flexibility index (Phi) is 3.03. The van der Waals surface area contributed by atoms with E-state index in [2.05, 4.69) is 0 Å². The number of hydrogen-bond donors (Lipinski definition) is 0. The van der Waals surface area contributed by atoms with Gasteiger partial charge in [0.05, 0.1) is 11.3 Å². The van der Waals surface area contributed by atoms with Crippen LogP contribution in [0.3, 0.4) is 0 Å². The van der Waals surface area contributed by atoms with Gasteiger partial charge in [-0.15, -0.1) is 0 Å². The van der Waals surface area contributed by atoms with Crippen LogP contribution in [-0.2, 0) is 4.79 Å². The lowest BCUT2D eigenvalue weighted by Crippen LogP contribution is -2.31. The normalized spacial score (nSPS) is 15.5. The Morgan fingerprint density at radius 3 is 2.76 bits per heavy atom. The number of benzene rings is 1. The number of anilines is 1. The van der Waals surface area contributed by atoms with Crippen molar-refractivity contribution >= 4 is 29.0 Å². The number of Topliss-reactive ketones (excluding diaryl/α,β-unsaturated/α-hetero) is 1. The van der Waals surface area contributed by atoms with Crippen molar-refractivity contribution in [3.63, 3.8) is 0 Å². The number of carbonyl (C=O) groups is 2. The molecule has 1 aliphatic rings. The molecule has 0 saturated heterocycles. The maximum Gasteiger partial charge on any atom is 0.299 e. The molecule has 0 radical (unpaired) electrons. The average Bonchev–Trinajstić information content (AvgIpc) is 2.56.